The molecule has 0 aliphatic heterocycles. The SMILES string of the molecule is CCCCCNC(=NCc1ccnc(OC)c1)NCC. The summed E-state index contributed by atoms with van der Waals surface area (Å²) in [6, 6.07) is 3.86. The second-order valence-corrected chi connectivity index (χ2v) is 4.54. The molecule has 0 unspecified atom stereocenters. The number of methoxy groups -OCH3 is 1. The number of aliphatic imine (C=N–C) groups is 1. The van der Waals surface area contributed by atoms with Crippen molar-refractivity contribution in [2.75, 3.05) is 20.2 Å². The van der Waals surface area contributed by atoms with Crippen molar-refractivity contribution in [3.05, 3.63) is 23.9 Å². The number of pyridine rings is 1. The van der Waals surface area contributed by atoms with Crippen molar-refractivity contribution in [1.82, 2.24) is 15.6 Å². The maximum atomic E-state index is 5.11. The van der Waals surface area contributed by atoms with Crippen LogP contribution in [-0.4, -0.2) is 31.1 Å². The van der Waals surface area contributed by atoms with Gasteiger partial charge in [0.25, 0.3) is 0 Å². The third-order valence-electron chi connectivity index (χ3n) is 2.85. The third kappa shape index (κ3) is 6.41. The quantitative estimate of drug-likeness (QED) is 0.435. The van der Waals surface area contributed by atoms with Gasteiger partial charge in [-0.25, -0.2) is 9.98 Å². The Kier molecular flexibility index (Phi) is 8.19. The molecule has 0 fully saturated rings. The molecule has 0 bridgehead atoms. The predicted molar refractivity (Wildman–Crippen MR) is 83.1 cm³/mol. The van der Waals surface area contributed by atoms with E-state index in [4.69, 9.17) is 4.74 Å². The first-order chi connectivity index (χ1) is 9.80. The Labute approximate surface area is 121 Å². The van der Waals surface area contributed by atoms with Crippen LogP contribution in [-0.2, 0) is 6.54 Å². The number of nitrogens with one attached hydrogen (secondary N) is 2. The minimum Gasteiger partial charge on any atom is -0.481 e. The lowest BCUT2D eigenvalue weighted by Gasteiger charge is -2.11. The predicted octanol–water partition coefficient (Wildman–Crippen LogP) is 2.34. The van der Waals surface area contributed by atoms with E-state index >= 15 is 0 Å². The smallest absolute Gasteiger partial charge is 0.213 e. The Morgan fingerprint density at radius 1 is 1.30 bits per heavy atom. The van der Waals surface area contributed by atoms with Gasteiger partial charge in [-0.3, -0.25) is 0 Å². The molecule has 0 aliphatic rings. The molecule has 1 aromatic heterocycles. The first-order valence-corrected chi connectivity index (χ1v) is 7.31. The largest absolute Gasteiger partial charge is 0.481 e. The van der Waals surface area contributed by atoms with E-state index in [1.807, 2.05) is 12.1 Å². The van der Waals surface area contributed by atoms with Crippen LogP contribution in [0.15, 0.2) is 23.3 Å². The van der Waals surface area contributed by atoms with E-state index in [2.05, 4.69) is 34.5 Å². The monoisotopic (exact) mass is 278 g/mol. The number of hydrogen-bond acceptors (Lipinski definition) is 3. The molecule has 0 saturated carbocycles. The lowest BCUT2D eigenvalue weighted by atomic mass is 10.2. The summed E-state index contributed by atoms with van der Waals surface area (Å²) in [4.78, 5) is 8.66. The molecule has 20 heavy (non-hydrogen) atoms. The molecule has 1 rings (SSSR count). The Morgan fingerprint density at radius 3 is 2.85 bits per heavy atom. The molecule has 0 saturated heterocycles. The number of aromatic nitrogens is 1. The number of unbranched alkanes of at least 4 members (excludes halogenated alkanes) is 2. The number of guanidine groups is 1. The molecule has 5 nitrogen and oxygen atoms in total. The van der Waals surface area contributed by atoms with Crippen LogP contribution in [0, 0.1) is 0 Å². The lowest BCUT2D eigenvalue weighted by Crippen LogP contribution is -2.37. The van der Waals surface area contributed by atoms with Crippen molar-refractivity contribution < 1.29 is 4.74 Å². The van der Waals surface area contributed by atoms with E-state index < -0.39 is 0 Å². The van der Waals surface area contributed by atoms with Crippen LogP contribution in [0.3, 0.4) is 0 Å². The van der Waals surface area contributed by atoms with E-state index in [-0.39, 0.29) is 0 Å². The van der Waals surface area contributed by atoms with Gasteiger partial charge < -0.3 is 15.4 Å². The minimum absolute atomic E-state index is 0.613. The molecule has 112 valence electrons. The highest BCUT2D eigenvalue weighted by Crippen LogP contribution is 2.09. The van der Waals surface area contributed by atoms with Crippen molar-refractivity contribution in [2.24, 2.45) is 4.99 Å². The average Bonchev–Trinajstić information content (AvgIpc) is 2.49. The zero-order chi connectivity index (χ0) is 14.6. The number of ether oxygens (including phenoxy) is 1. The van der Waals surface area contributed by atoms with Crippen LogP contribution in [0.25, 0.3) is 0 Å². The molecule has 0 atom stereocenters. The van der Waals surface area contributed by atoms with Gasteiger partial charge in [0, 0.05) is 25.4 Å². The van der Waals surface area contributed by atoms with Crippen LogP contribution >= 0.6 is 0 Å². The molecule has 0 aromatic carbocycles. The second kappa shape index (κ2) is 10.1. The summed E-state index contributed by atoms with van der Waals surface area (Å²) in [5.74, 6) is 1.48. The van der Waals surface area contributed by atoms with E-state index in [9.17, 15) is 0 Å². The number of nitrogens with zero attached hydrogens (tertiary/aromatic N) is 2. The molecule has 1 aromatic rings. The van der Waals surface area contributed by atoms with Crippen molar-refractivity contribution in [1.29, 1.82) is 0 Å². The second-order valence-electron chi connectivity index (χ2n) is 4.54. The fourth-order valence-electron chi connectivity index (χ4n) is 1.75. The summed E-state index contributed by atoms with van der Waals surface area (Å²) in [5.41, 5.74) is 1.09. The topological polar surface area (TPSA) is 58.5 Å². The maximum absolute atomic E-state index is 5.11. The lowest BCUT2D eigenvalue weighted by molar-refractivity contribution is 0.397. The molecular formula is C15H26N4O. The van der Waals surface area contributed by atoms with Crippen molar-refractivity contribution >= 4 is 5.96 Å². The van der Waals surface area contributed by atoms with Crippen LogP contribution in [0.5, 0.6) is 5.88 Å². The minimum atomic E-state index is 0.613. The molecule has 5 heteroatoms. The molecule has 2 N–H and O–H groups in total. The number of hydrogen-bond donors (Lipinski definition) is 2. The summed E-state index contributed by atoms with van der Waals surface area (Å²) in [7, 11) is 1.62. The van der Waals surface area contributed by atoms with Crippen molar-refractivity contribution in [3.8, 4) is 5.88 Å². The highest BCUT2D eigenvalue weighted by atomic mass is 16.5. The first kappa shape index (κ1) is 16.3. The van der Waals surface area contributed by atoms with Gasteiger partial charge in [-0.05, 0) is 25.0 Å². The molecule has 0 spiro atoms. The normalized spacial score (nSPS) is 11.2. The zero-order valence-electron chi connectivity index (χ0n) is 12.8. The van der Waals surface area contributed by atoms with E-state index in [0.717, 1.165) is 24.6 Å². The van der Waals surface area contributed by atoms with Gasteiger partial charge in [0.05, 0.1) is 13.7 Å². The molecular weight excluding hydrogens is 252 g/mol. The van der Waals surface area contributed by atoms with Gasteiger partial charge >= 0.3 is 0 Å². The van der Waals surface area contributed by atoms with E-state index in [0.29, 0.717) is 12.4 Å². The highest BCUT2D eigenvalue weighted by molar-refractivity contribution is 5.79. The summed E-state index contributed by atoms with van der Waals surface area (Å²) < 4.78 is 5.11. The van der Waals surface area contributed by atoms with Gasteiger partial charge in [-0.15, -0.1) is 0 Å². The average molecular weight is 278 g/mol. The molecule has 0 amide bonds. The van der Waals surface area contributed by atoms with Crippen LogP contribution < -0.4 is 15.4 Å². The van der Waals surface area contributed by atoms with Crippen molar-refractivity contribution in [3.63, 3.8) is 0 Å². The highest BCUT2D eigenvalue weighted by Gasteiger charge is 1.99. The zero-order valence-corrected chi connectivity index (χ0v) is 12.8. The van der Waals surface area contributed by atoms with Crippen LogP contribution in [0.4, 0.5) is 0 Å². The Morgan fingerprint density at radius 2 is 2.15 bits per heavy atom. The molecule has 0 aliphatic carbocycles. The fraction of sp³-hybridized carbons (Fsp3) is 0.600. The summed E-state index contributed by atoms with van der Waals surface area (Å²) in [6.07, 6.45) is 5.38. The standard InChI is InChI=1S/C15H26N4O/c1-4-6-7-9-18-15(16-5-2)19-12-13-8-10-17-14(11-13)20-3/h8,10-11H,4-7,9,12H2,1-3H3,(H2,16,18,19). The van der Waals surface area contributed by atoms with Gasteiger partial charge in [0.1, 0.15) is 0 Å². The summed E-state index contributed by atoms with van der Waals surface area (Å²) in [5, 5.41) is 6.60. The maximum Gasteiger partial charge on any atom is 0.213 e. The Balaban J connectivity index is 2.52. The first-order valence-electron chi connectivity index (χ1n) is 7.31. The van der Waals surface area contributed by atoms with Gasteiger partial charge in [0.15, 0.2) is 5.96 Å². The van der Waals surface area contributed by atoms with Gasteiger partial charge in [-0.2, -0.15) is 0 Å². The summed E-state index contributed by atoms with van der Waals surface area (Å²) >= 11 is 0. The third-order valence-corrected chi connectivity index (χ3v) is 2.85. The van der Waals surface area contributed by atoms with Crippen LogP contribution in [0.1, 0.15) is 38.7 Å². The fourth-order valence-corrected chi connectivity index (χ4v) is 1.75. The van der Waals surface area contributed by atoms with Gasteiger partial charge in [0.2, 0.25) is 5.88 Å². The van der Waals surface area contributed by atoms with E-state index in [1.54, 1.807) is 13.3 Å². The van der Waals surface area contributed by atoms with Crippen LogP contribution in [0.2, 0.25) is 0 Å². The van der Waals surface area contributed by atoms with E-state index in [1.165, 1.54) is 19.3 Å². The summed E-state index contributed by atoms with van der Waals surface area (Å²) in [6.45, 7) is 6.70. The Bertz CT molecular complexity index is 407. The Hall–Kier alpha value is -1.78. The number of rotatable bonds is 8. The van der Waals surface area contributed by atoms with Crippen molar-refractivity contribution in [2.45, 2.75) is 39.7 Å². The molecule has 1 heterocycles. The molecule has 0 radical (unpaired) electrons. The van der Waals surface area contributed by atoms with Gasteiger partial charge in [-0.1, -0.05) is 19.8 Å².